The van der Waals surface area contributed by atoms with Crippen LogP contribution in [0.3, 0.4) is 0 Å². The summed E-state index contributed by atoms with van der Waals surface area (Å²) in [6, 6.07) is 9.16. The van der Waals surface area contributed by atoms with Crippen LogP contribution in [-0.2, 0) is 9.47 Å². The second-order valence-corrected chi connectivity index (χ2v) is 11.1. The molecule has 1 aromatic heterocycles. The molecule has 9 heteroatoms. The molecular formula is C29H33N5O3S. The van der Waals surface area contributed by atoms with E-state index in [0.29, 0.717) is 15.8 Å². The molecule has 198 valence electrons. The Labute approximate surface area is 227 Å². The molecular weight excluding hydrogens is 498 g/mol. The monoisotopic (exact) mass is 531 g/mol. The molecule has 0 unspecified atom stereocenters. The number of carbonyl (C=O) groups excluding carboxylic acids is 1. The number of benzene rings is 1. The van der Waals surface area contributed by atoms with Gasteiger partial charge in [0.25, 0.3) is 0 Å². The van der Waals surface area contributed by atoms with Crippen molar-refractivity contribution >= 4 is 39.4 Å². The van der Waals surface area contributed by atoms with Crippen LogP contribution >= 0.6 is 11.3 Å². The first-order valence-corrected chi connectivity index (χ1v) is 14.2. The Morgan fingerprint density at radius 2 is 1.87 bits per heavy atom. The van der Waals surface area contributed by atoms with E-state index >= 15 is 0 Å². The van der Waals surface area contributed by atoms with Gasteiger partial charge in [0.1, 0.15) is 23.2 Å². The third kappa shape index (κ3) is 5.35. The number of aromatic nitrogens is 1. The van der Waals surface area contributed by atoms with Crippen molar-refractivity contribution in [1.82, 2.24) is 9.88 Å². The number of carbonyl (C=O) groups is 1. The van der Waals surface area contributed by atoms with E-state index in [2.05, 4.69) is 38.3 Å². The van der Waals surface area contributed by atoms with E-state index in [1.54, 1.807) is 0 Å². The number of rotatable bonds is 7. The third-order valence-electron chi connectivity index (χ3n) is 7.62. The minimum absolute atomic E-state index is 0.0947. The highest BCUT2D eigenvalue weighted by atomic mass is 32.1. The lowest BCUT2D eigenvalue weighted by Gasteiger charge is -2.39. The van der Waals surface area contributed by atoms with E-state index in [-0.39, 0.29) is 17.4 Å². The second-order valence-electron chi connectivity index (χ2n) is 10.1. The predicted molar refractivity (Wildman–Crippen MR) is 151 cm³/mol. The number of hydrogen-bond donors (Lipinski definition) is 2. The molecule has 0 spiro atoms. The fourth-order valence-corrected chi connectivity index (χ4v) is 6.38. The molecule has 6 rings (SSSR count). The summed E-state index contributed by atoms with van der Waals surface area (Å²) < 4.78 is 11.3. The molecule has 2 aromatic rings. The van der Waals surface area contributed by atoms with Gasteiger partial charge in [-0.25, -0.2) is 4.98 Å². The molecule has 1 saturated heterocycles. The van der Waals surface area contributed by atoms with Crippen LogP contribution < -0.4 is 16.0 Å². The zero-order valence-electron chi connectivity index (χ0n) is 21.4. The molecule has 2 aliphatic heterocycles. The SMILES string of the molecule is Nc1nc(Nc2ccc(N3CCN(C4CCCC4)CC3)cc2)sc1C(=O)C1=COC=C(C2=CC=CCC2)O1. The van der Waals surface area contributed by atoms with E-state index in [4.69, 9.17) is 15.2 Å². The van der Waals surface area contributed by atoms with Gasteiger partial charge >= 0.3 is 0 Å². The fourth-order valence-electron chi connectivity index (χ4n) is 5.53. The van der Waals surface area contributed by atoms with Crippen LogP contribution in [0, 0.1) is 0 Å². The molecule has 0 atom stereocenters. The first kappa shape index (κ1) is 24.8. The van der Waals surface area contributed by atoms with Crippen molar-refractivity contribution in [1.29, 1.82) is 0 Å². The topological polar surface area (TPSA) is 93.0 Å². The Bertz CT molecular complexity index is 1300. The summed E-state index contributed by atoms with van der Waals surface area (Å²) in [6.45, 7) is 4.39. The first-order valence-electron chi connectivity index (χ1n) is 13.4. The molecule has 0 bridgehead atoms. The van der Waals surface area contributed by atoms with Gasteiger partial charge in [-0.05, 0) is 55.5 Å². The Kier molecular flexibility index (Phi) is 7.20. The number of ether oxygens (including phenoxy) is 2. The summed E-state index contributed by atoms with van der Waals surface area (Å²) in [5.41, 5.74) is 9.24. The van der Waals surface area contributed by atoms with Crippen molar-refractivity contribution in [2.24, 2.45) is 0 Å². The average Bonchev–Trinajstić information content (AvgIpc) is 3.64. The van der Waals surface area contributed by atoms with Gasteiger partial charge in [-0.1, -0.05) is 42.4 Å². The van der Waals surface area contributed by atoms with Gasteiger partial charge in [0.15, 0.2) is 10.9 Å². The molecule has 1 saturated carbocycles. The van der Waals surface area contributed by atoms with Gasteiger partial charge < -0.3 is 25.4 Å². The van der Waals surface area contributed by atoms with Crippen LogP contribution in [-0.4, -0.2) is 47.9 Å². The highest BCUT2D eigenvalue weighted by Gasteiger charge is 2.27. The summed E-state index contributed by atoms with van der Waals surface area (Å²) in [5.74, 6) is 0.455. The Morgan fingerprint density at radius 3 is 2.61 bits per heavy atom. The number of nitrogens with two attached hydrogens (primary N) is 1. The molecule has 2 fully saturated rings. The van der Waals surface area contributed by atoms with Crippen LogP contribution in [0.25, 0.3) is 0 Å². The summed E-state index contributed by atoms with van der Waals surface area (Å²) >= 11 is 1.20. The fraction of sp³-hybridized carbons (Fsp3) is 0.379. The van der Waals surface area contributed by atoms with Gasteiger partial charge in [-0.3, -0.25) is 9.69 Å². The van der Waals surface area contributed by atoms with Gasteiger partial charge in [0.2, 0.25) is 11.5 Å². The highest BCUT2D eigenvalue weighted by Crippen LogP contribution is 2.33. The number of allylic oxidation sites excluding steroid dienone is 5. The van der Waals surface area contributed by atoms with Crippen molar-refractivity contribution in [3.63, 3.8) is 0 Å². The molecule has 4 aliphatic rings. The lowest BCUT2D eigenvalue weighted by molar-refractivity contribution is 0.0938. The summed E-state index contributed by atoms with van der Waals surface area (Å²) in [5, 5.41) is 3.84. The molecule has 3 N–H and O–H groups in total. The van der Waals surface area contributed by atoms with Crippen molar-refractivity contribution in [2.75, 3.05) is 42.1 Å². The molecule has 0 amide bonds. The number of anilines is 4. The largest absolute Gasteiger partial charge is 0.465 e. The lowest BCUT2D eigenvalue weighted by Crippen LogP contribution is -2.49. The average molecular weight is 532 g/mol. The number of piperazine rings is 1. The van der Waals surface area contributed by atoms with E-state index < -0.39 is 0 Å². The van der Waals surface area contributed by atoms with Gasteiger partial charge in [0, 0.05) is 43.6 Å². The van der Waals surface area contributed by atoms with E-state index in [1.807, 2.05) is 24.3 Å². The number of nitrogen functional groups attached to an aromatic ring is 1. The van der Waals surface area contributed by atoms with Crippen molar-refractivity contribution in [3.8, 4) is 0 Å². The smallest absolute Gasteiger partial charge is 0.245 e. The number of nitrogens with one attached hydrogen (secondary N) is 1. The normalized spacial score (nSPS) is 20.3. The molecule has 0 radical (unpaired) electrons. The number of thiazole rings is 1. The lowest BCUT2D eigenvalue weighted by atomic mass is 10.0. The van der Waals surface area contributed by atoms with Gasteiger partial charge in [0.05, 0.1) is 0 Å². The predicted octanol–water partition coefficient (Wildman–Crippen LogP) is 5.72. The van der Waals surface area contributed by atoms with Gasteiger partial charge in [-0.2, -0.15) is 0 Å². The van der Waals surface area contributed by atoms with Crippen molar-refractivity contribution in [3.05, 3.63) is 77.0 Å². The minimum atomic E-state index is -0.349. The quantitative estimate of drug-likeness (QED) is 0.438. The maximum atomic E-state index is 13.2. The van der Waals surface area contributed by atoms with E-state index in [0.717, 1.165) is 56.3 Å². The van der Waals surface area contributed by atoms with Gasteiger partial charge in [-0.15, -0.1) is 0 Å². The number of hydrogen-bond acceptors (Lipinski definition) is 9. The second kappa shape index (κ2) is 11.0. The maximum Gasteiger partial charge on any atom is 0.245 e. The molecule has 8 nitrogen and oxygen atoms in total. The van der Waals surface area contributed by atoms with Crippen LogP contribution in [0.2, 0.25) is 0 Å². The third-order valence-corrected chi connectivity index (χ3v) is 8.61. The van der Waals surface area contributed by atoms with E-state index in [9.17, 15) is 4.79 Å². The molecule has 3 heterocycles. The molecule has 1 aromatic carbocycles. The van der Waals surface area contributed by atoms with Crippen LogP contribution in [0.1, 0.15) is 48.2 Å². The zero-order chi connectivity index (χ0) is 25.9. The van der Waals surface area contributed by atoms with Crippen molar-refractivity contribution in [2.45, 2.75) is 44.6 Å². The summed E-state index contributed by atoms with van der Waals surface area (Å²) in [7, 11) is 0. The van der Waals surface area contributed by atoms with Crippen LogP contribution in [0.4, 0.5) is 22.3 Å². The van der Waals surface area contributed by atoms with Crippen molar-refractivity contribution < 1.29 is 14.3 Å². The number of ketones is 1. The minimum Gasteiger partial charge on any atom is -0.465 e. The zero-order valence-corrected chi connectivity index (χ0v) is 22.2. The number of Topliss-reactive ketones (excluding diaryl/α,β-unsaturated/α-hetero) is 1. The Balaban J connectivity index is 1.06. The highest BCUT2D eigenvalue weighted by molar-refractivity contribution is 7.18. The Hall–Kier alpha value is -3.56. The maximum absolute atomic E-state index is 13.2. The summed E-state index contributed by atoms with van der Waals surface area (Å²) in [4.78, 5) is 23.0. The number of nitrogens with zero attached hydrogens (tertiary/aromatic N) is 3. The van der Waals surface area contributed by atoms with Crippen LogP contribution in [0.5, 0.6) is 0 Å². The molecule has 38 heavy (non-hydrogen) atoms. The summed E-state index contributed by atoms with van der Waals surface area (Å²) in [6.07, 6.45) is 16.1. The van der Waals surface area contributed by atoms with Crippen LogP contribution in [0.15, 0.2) is 72.1 Å². The standard InChI is InChI=1S/C29H33N5O3S/c30-28-27(26(35)25-19-36-18-24(37-25)20-6-2-1-3-7-20)38-29(32-28)31-21-10-12-23(13-11-21)34-16-14-33(15-17-34)22-8-4-5-9-22/h1-2,6,10-13,18-19,22H,3-5,7-9,14-17,30H2,(H,31,32). The molecule has 2 aliphatic carbocycles. The first-order chi connectivity index (χ1) is 18.6. The Morgan fingerprint density at radius 1 is 1.08 bits per heavy atom. The van der Waals surface area contributed by atoms with E-state index in [1.165, 1.54) is 55.2 Å².